The highest BCUT2D eigenvalue weighted by molar-refractivity contribution is 9.10. The standard InChI is InChI=1S/C24H24BrFN2O3/c1-3-27-24(30)16(2)28(14-17-8-11-19(26)12-9-17)22(29)15-31-21-13-10-18-6-4-5-7-20(18)23(21)25/h4-13,16H,3,14-15H2,1-2H3,(H,27,30)/t16-/m1/s1. The van der Waals surface area contributed by atoms with Crippen molar-refractivity contribution < 1.29 is 18.7 Å². The molecule has 0 saturated carbocycles. The molecule has 1 N–H and O–H groups in total. The van der Waals surface area contributed by atoms with E-state index >= 15 is 0 Å². The summed E-state index contributed by atoms with van der Waals surface area (Å²) in [5.41, 5.74) is 0.720. The van der Waals surface area contributed by atoms with E-state index in [0.717, 1.165) is 20.8 Å². The minimum atomic E-state index is -0.707. The van der Waals surface area contributed by atoms with Gasteiger partial charge in [0.05, 0.1) is 4.47 Å². The zero-order valence-electron chi connectivity index (χ0n) is 17.4. The highest BCUT2D eigenvalue weighted by atomic mass is 79.9. The Labute approximate surface area is 189 Å². The van der Waals surface area contributed by atoms with E-state index in [0.29, 0.717) is 12.3 Å². The van der Waals surface area contributed by atoms with Crippen molar-refractivity contribution in [1.82, 2.24) is 10.2 Å². The molecule has 3 aromatic carbocycles. The van der Waals surface area contributed by atoms with E-state index in [2.05, 4.69) is 21.2 Å². The number of carbonyl (C=O) groups excluding carboxylic acids is 2. The van der Waals surface area contributed by atoms with E-state index in [9.17, 15) is 14.0 Å². The number of nitrogens with one attached hydrogen (secondary N) is 1. The van der Waals surface area contributed by atoms with Crippen LogP contribution in [0.2, 0.25) is 0 Å². The topological polar surface area (TPSA) is 58.6 Å². The van der Waals surface area contributed by atoms with Crippen LogP contribution < -0.4 is 10.1 Å². The number of benzene rings is 3. The third-order valence-electron chi connectivity index (χ3n) is 4.96. The summed E-state index contributed by atoms with van der Waals surface area (Å²) in [5, 5.41) is 4.77. The predicted octanol–water partition coefficient (Wildman–Crippen LogP) is 4.67. The zero-order valence-corrected chi connectivity index (χ0v) is 19.0. The Morgan fingerprint density at radius 1 is 1.10 bits per heavy atom. The number of carbonyl (C=O) groups is 2. The van der Waals surface area contributed by atoms with Crippen LogP contribution in [0.4, 0.5) is 4.39 Å². The lowest BCUT2D eigenvalue weighted by atomic mass is 10.1. The monoisotopic (exact) mass is 486 g/mol. The molecule has 5 nitrogen and oxygen atoms in total. The van der Waals surface area contributed by atoms with Crippen LogP contribution in [0.15, 0.2) is 65.1 Å². The van der Waals surface area contributed by atoms with E-state index < -0.39 is 6.04 Å². The van der Waals surface area contributed by atoms with Crippen LogP contribution >= 0.6 is 15.9 Å². The average Bonchev–Trinajstić information content (AvgIpc) is 2.78. The van der Waals surface area contributed by atoms with Crippen molar-refractivity contribution in [2.45, 2.75) is 26.4 Å². The SMILES string of the molecule is CCNC(=O)[C@@H](C)N(Cc1ccc(F)cc1)C(=O)COc1ccc2ccccc2c1Br. The second-order valence-corrected chi connectivity index (χ2v) is 7.90. The van der Waals surface area contributed by atoms with E-state index in [4.69, 9.17) is 4.74 Å². The maximum absolute atomic E-state index is 13.3. The lowest BCUT2D eigenvalue weighted by Gasteiger charge is -2.28. The zero-order chi connectivity index (χ0) is 22.4. The summed E-state index contributed by atoms with van der Waals surface area (Å²) in [6, 6.07) is 16.7. The van der Waals surface area contributed by atoms with Gasteiger partial charge in [0.25, 0.3) is 5.91 Å². The van der Waals surface area contributed by atoms with Crippen molar-refractivity contribution in [1.29, 1.82) is 0 Å². The fourth-order valence-electron chi connectivity index (χ4n) is 3.24. The first-order chi connectivity index (χ1) is 14.9. The van der Waals surface area contributed by atoms with Crippen LogP contribution in [0, 0.1) is 5.82 Å². The Kier molecular flexibility index (Phi) is 7.63. The Bertz CT molecular complexity index is 1070. The molecule has 162 valence electrons. The van der Waals surface area contributed by atoms with Crippen molar-refractivity contribution in [3.63, 3.8) is 0 Å². The van der Waals surface area contributed by atoms with Crippen LogP contribution in [-0.4, -0.2) is 35.9 Å². The minimum absolute atomic E-state index is 0.166. The number of amides is 2. The second kappa shape index (κ2) is 10.4. The Morgan fingerprint density at radius 2 is 1.81 bits per heavy atom. The number of ether oxygens (including phenoxy) is 1. The molecule has 0 unspecified atom stereocenters. The minimum Gasteiger partial charge on any atom is -0.483 e. The number of rotatable bonds is 8. The van der Waals surface area contributed by atoms with Gasteiger partial charge < -0.3 is 15.0 Å². The normalized spacial score (nSPS) is 11.7. The van der Waals surface area contributed by atoms with Crippen molar-refractivity contribution in [2.75, 3.05) is 13.2 Å². The second-order valence-electron chi connectivity index (χ2n) is 7.11. The molecule has 0 spiro atoms. The van der Waals surface area contributed by atoms with Crippen molar-refractivity contribution in [3.05, 3.63) is 76.5 Å². The number of hydrogen-bond donors (Lipinski definition) is 1. The van der Waals surface area contributed by atoms with Gasteiger partial charge in [-0.25, -0.2) is 4.39 Å². The summed E-state index contributed by atoms with van der Waals surface area (Å²) < 4.78 is 19.8. The fraction of sp³-hybridized carbons (Fsp3) is 0.250. The smallest absolute Gasteiger partial charge is 0.261 e. The molecule has 3 aromatic rings. The molecular formula is C24H24BrFN2O3. The Morgan fingerprint density at radius 3 is 2.52 bits per heavy atom. The molecule has 0 heterocycles. The molecule has 7 heteroatoms. The van der Waals surface area contributed by atoms with Gasteiger partial charge in [0, 0.05) is 13.1 Å². The van der Waals surface area contributed by atoms with Crippen LogP contribution in [0.3, 0.4) is 0 Å². The maximum Gasteiger partial charge on any atom is 0.261 e. The quantitative estimate of drug-likeness (QED) is 0.503. The van der Waals surface area contributed by atoms with Crippen molar-refractivity contribution >= 4 is 38.5 Å². The maximum atomic E-state index is 13.3. The summed E-state index contributed by atoms with van der Waals surface area (Å²) >= 11 is 3.55. The summed E-state index contributed by atoms with van der Waals surface area (Å²) in [4.78, 5) is 26.9. The van der Waals surface area contributed by atoms with E-state index in [1.807, 2.05) is 37.3 Å². The molecular weight excluding hydrogens is 463 g/mol. The molecule has 0 aromatic heterocycles. The molecule has 0 aliphatic heterocycles. The molecule has 31 heavy (non-hydrogen) atoms. The van der Waals surface area contributed by atoms with Gasteiger partial charge in [-0.2, -0.15) is 0 Å². The largest absolute Gasteiger partial charge is 0.483 e. The van der Waals surface area contributed by atoms with Crippen LogP contribution in [0.25, 0.3) is 10.8 Å². The Hall–Kier alpha value is -2.93. The average molecular weight is 487 g/mol. The van der Waals surface area contributed by atoms with Gasteiger partial charge in [0.15, 0.2) is 6.61 Å². The first kappa shape index (κ1) is 22.7. The third kappa shape index (κ3) is 5.61. The molecule has 3 rings (SSSR count). The molecule has 0 aliphatic rings. The van der Waals surface area contributed by atoms with Gasteiger partial charge in [-0.3, -0.25) is 9.59 Å². The summed E-state index contributed by atoms with van der Waals surface area (Å²) in [6.45, 7) is 3.87. The third-order valence-corrected chi connectivity index (χ3v) is 5.78. The number of fused-ring (bicyclic) bond motifs is 1. The number of likely N-dealkylation sites (N-methyl/N-ethyl adjacent to an activating group) is 1. The van der Waals surface area contributed by atoms with E-state index in [1.165, 1.54) is 17.0 Å². The van der Waals surface area contributed by atoms with Crippen LogP contribution in [0.1, 0.15) is 19.4 Å². The molecule has 0 saturated heterocycles. The molecule has 0 fully saturated rings. The van der Waals surface area contributed by atoms with Gasteiger partial charge in [0.1, 0.15) is 17.6 Å². The number of nitrogens with zero attached hydrogens (tertiary/aromatic N) is 1. The fourth-order valence-corrected chi connectivity index (χ4v) is 3.85. The van der Waals surface area contributed by atoms with Gasteiger partial charge in [-0.05, 0) is 64.3 Å². The highest BCUT2D eigenvalue weighted by Gasteiger charge is 2.26. The lowest BCUT2D eigenvalue weighted by molar-refractivity contribution is -0.142. The highest BCUT2D eigenvalue weighted by Crippen LogP contribution is 2.33. The van der Waals surface area contributed by atoms with Crippen molar-refractivity contribution in [2.24, 2.45) is 0 Å². The number of halogens is 2. The molecule has 0 bridgehead atoms. The first-order valence-electron chi connectivity index (χ1n) is 10.0. The first-order valence-corrected chi connectivity index (χ1v) is 10.8. The molecule has 1 atom stereocenters. The van der Waals surface area contributed by atoms with Gasteiger partial charge >= 0.3 is 0 Å². The van der Waals surface area contributed by atoms with Crippen LogP contribution in [0.5, 0.6) is 5.75 Å². The van der Waals surface area contributed by atoms with E-state index in [-0.39, 0.29) is 30.8 Å². The molecule has 2 amide bonds. The van der Waals surface area contributed by atoms with Gasteiger partial charge in [-0.1, -0.05) is 42.5 Å². The Balaban J connectivity index is 1.78. The van der Waals surface area contributed by atoms with E-state index in [1.54, 1.807) is 25.1 Å². The van der Waals surface area contributed by atoms with Gasteiger partial charge in [0.2, 0.25) is 5.91 Å². The van der Waals surface area contributed by atoms with Gasteiger partial charge in [-0.15, -0.1) is 0 Å². The summed E-state index contributed by atoms with van der Waals surface area (Å²) in [7, 11) is 0. The van der Waals surface area contributed by atoms with Crippen molar-refractivity contribution in [3.8, 4) is 5.75 Å². The number of hydrogen-bond acceptors (Lipinski definition) is 3. The molecule has 0 radical (unpaired) electrons. The predicted molar refractivity (Wildman–Crippen MR) is 122 cm³/mol. The summed E-state index contributed by atoms with van der Waals surface area (Å²) in [5.74, 6) is -0.421. The van der Waals surface area contributed by atoms with Crippen LogP contribution in [-0.2, 0) is 16.1 Å². The molecule has 0 aliphatic carbocycles. The lowest BCUT2D eigenvalue weighted by Crippen LogP contribution is -2.49. The summed E-state index contributed by atoms with van der Waals surface area (Å²) in [6.07, 6.45) is 0.